The van der Waals surface area contributed by atoms with Crippen molar-refractivity contribution in [2.24, 2.45) is 5.73 Å². The van der Waals surface area contributed by atoms with Gasteiger partial charge in [-0.3, -0.25) is 0 Å². The molecule has 0 saturated carbocycles. The number of anilines is 1. The second-order valence-corrected chi connectivity index (χ2v) is 9.94. The van der Waals surface area contributed by atoms with Crippen molar-refractivity contribution in [1.29, 1.82) is 0 Å². The zero-order chi connectivity index (χ0) is 26.6. The molecule has 0 radical (unpaired) electrons. The lowest BCUT2D eigenvalue weighted by Crippen LogP contribution is -2.39. The minimum absolute atomic E-state index is 0.0826. The fourth-order valence-corrected chi connectivity index (χ4v) is 4.88. The molecule has 2 N–H and O–H groups in total. The van der Waals surface area contributed by atoms with Crippen LogP contribution in [0.4, 0.5) is 15.1 Å². The van der Waals surface area contributed by atoms with Gasteiger partial charge in [0.2, 0.25) is 5.95 Å². The van der Waals surface area contributed by atoms with Gasteiger partial charge in [-0.15, -0.1) is 0 Å². The summed E-state index contributed by atoms with van der Waals surface area (Å²) in [5.41, 5.74) is 6.92. The molecule has 38 heavy (non-hydrogen) atoms. The van der Waals surface area contributed by atoms with Crippen molar-refractivity contribution >= 4 is 12.0 Å². The molecule has 202 valence electrons. The third kappa shape index (κ3) is 5.85. The average Bonchev–Trinajstić information content (AvgIpc) is 3.55. The molecular formula is C26H32FN7O4. The van der Waals surface area contributed by atoms with E-state index in [0.29, 0.717) is 55.2 Å². The molecule has 2 atom stereocenters. The number of halogens is 1. The van der Waals surface area contributed by atoms with Crippen LogP contribution in [0, 0.1) is 5.82 Å². The van der Waals surface area contributed by atoms with E-state index < -0.39 is 0 Å². The topological polar surface area (TPSA) is 133 Å². The summed E-state index contributed by atoms with van der Waals surface area (Å²) in [6.07, 6.45) is 4.20. The lowest BCUT2D eigenvalue weighted by Gasteiger charge is -2.30. The molecule has 2 aliphatic heterocycles. The first kappa shape index (κ1) is 25.8. The number of ether oxygens (including phenoxy) is 2. The van der Waals surface area contributed by atoms with Gasteiger partial charge in [0.25, 0.3) is 5.89 Å². The molecular weight excluding hydrogens is 493 g/mol. The maximum Gasteiger partial charge on any atom is 0.410 e. The molecule has 2 unspecified atom stereocenters. The molecule has 0 bridgehead atoms. The number of hydrogen-bond donors (Lipinski definition) is 1. The summed E-state index contributed by atoms with van der Waals surface area (Å²) in [6, 6.07) is 6.49. The number of hydrogen-bond acceptors (Lipinski definition) is 10. The van der Waals surface area contributed by atoms with Crippen molar-refractivity contribution in [1.82, 2.24) is 25.0 Å². The van der Waals surface area contributed by atoms with Gasteiger partial charge in [-0.1, -0.05) is 23.4 Å². The molecule has 2 fully saturated rings. The Labute approximate surface area is 220 Å². The highest BCUT2D eigenvalue weighted by atomic mass is 19.1. The van der Waals surface area contributed by atoms with E-state index in [1.165, 1.54) is 6.07 Å². The van der Waals surface area contributed by atoms with E-state index in [0.717, 1.165) is 12.8 Å². The Morgan fingerprint density at radius 3 is 2.63 bits per heavy atom. The summed E-state index contributed by atoms with van der Waals surface area (Å²) in [5.74, 6) is 1.66. The summed E-state index contributed by atoms with van der Waals surface area (Å²) in [7, 11) is 0. The molecule has 1 aromatic carbocycles. The molecule has 0 aliphatic carbocycles. The van der Waals surface area contributed by atoms with E-state index in [9.17, 15) is 9.18 Å². The van der Waals surface area contributed by atoms with Crippen LogP contribution in [-0.4, -0.2) is 69.4 Å². The number of carbonyl (C=O) groups excluding carboxylic acids is 1. The number of benzene rings is 1. The lowest BCUT2D eigenvalue weighted by molar-refractivity contribution is 0.0688. The molecule has 1 amide bonds. The van der Waals surface area contributed by atoms with E-state index in [4.69, 9.17) is 19.7 Å². The van der Waals surface area contributed by atoms with Crippen LogP contribution >= 0.6 is 0 Å². The Hall–Kier alpha value is -3.80. The van der Waals surface area contributed by atoms with Gasteiger partial charge in [0.1, 0.15) is 5.82 Å². The Balaban J connectivity index is 1.11. The van der Waals surface area contributed by atoms with Crippen LogP contribution in [0.1, 0.15) is 55.8 Å². The van der Waals surface area contributed by atoms with E-state index in [1.54, 1.807) is 29.4 Å². The second-order valence-electron chi connectivity index (χ2n) is 9.94. The molecule has 2 aromatic heterocycles. The van der Waals surface area contributed by atoms with Crippen LogP contribution in [0.5, 0.6) is 5.75 Å². The van der Waals surface area contributed by atoms with Gasteiger partial charge in [0.15, 0.2) is 18.2 Å². The molecule has 12 heteroatoms. The van der Waals surface area contributed by atoms with Crippen LogP contribution < -0.4 is 15.4 Å². The zero-order valence-electron chi connectivity index (χ0n) is 21.5. The van der Waals surface area contributed by atoms with Crippen molar-refractivity contribution in [3.05, 3.63) is 59.8 Å². The summed E-state index contributed by atoms with van der Waals surface area (Å²) < 4.78 is 30.6. The number of likely N-dealkylation sites (tertiary alicyclic amines) is 1. The SMILES string of the molecule is CC(C)OC(=O)N1CCC(c2noc(COc3cnc(N4CC(N)C(c5ccccc5F)C4)nc3)n2)CC1. The Morgan fingerprint density at radius 1 is 1.18 bits per heavy atom. The third-order valence-corrected chi connectivity index (χ3v) is 6.87. The standard InChI is InChI=1S/C26H32FN7O4/c1-16(2)37-26(35)33-9-7-17(8-10-33)24-31-23(38-32-24)15-36-18-11-29-25(30-12-18)34-13-20(22(28)14-34)19-5-3-4-6-21(19)27/h3-6,11-12,16-17,20,22H,7-10,13-15,28H2,1-2H3. The van der Waals surface area contributed by atoms with Gasteiger partial charge in [0, 0.05) is 44.1 Å². The minimum atomic E-state index is -0.286. The first-order chi connectivity index (χ1) is 18.4. The molecule has 3 aromatic rings. The summed E-state index contributed by atoms with van der Waals surface area (Å²) in [6.45, 7) is 5.99. The van der Waals surface area contributed by atoms with Crippen LogP contribution in [0.2, 0.25) is 0 Å². The van der Waals surface area contributed by atoms with Gasteiger partial charge < -0.3 is 29.5 Å². The van der Waals surface area contributed by atoms with Gasteiger partial charge >= 0.3 is 6.09 Å². The molecule has 5 rings (SSSR count). The Bertz CT molecular complexity index is 1230. The van der Waals surface area contributed by atoms with E-state index in [2.05, 4.69) is 20.1 Å². The van der Waals surface area contributed by atoms with Crippen molar-refractivity contribution in [3.63, 3.8) is 0 Å². The zero-order valence-corrected chi connectivity index (χ0v) is 21.5. The third-order valence-electron chi connectivity index (χ3n) is 6.87. The number of piperidine rings is 1. The van der Waals surface area contributed by atoms with E-state index >= 15 is 0 Å². The quantitative estimate of drug-likeness (QED) is 0.490. The molecule has 2 saturated heterocycles. The van der Waals surface area contributed by atoms with Crippen LogP contribution in [0.25, 0.3) is 0 Å². The van der Waals surface area contributed by atoms with Crippen LogP contribution in [-0.2, 0) is 11.3 Å². The van der Waals surface area contributed by atoms with E-state index in [1.807, 2.05) is 24.8 Å². The lowest BCUT2D eigenvalue weighted by atomic mass is 9.94. The van der Waals surface area contributed by atoms with Crippen LogP contribution in [0.15, 0.2) is 41.2 Å². The maximum absolute atomic E-state index is 14.3. The number of aromatic nitrogens is 4. The summed E-state index contributed by atoms with van der Waals surface area (Å²) in [4.78, 5) is 29.0. The predicted octanol–water partition coefficient (Wildman–Crippen LogP) is 3.23. The monoisotopic (exact) mass is 525 g/mol. The molecule has 2 aliphatic rings. The first-order valence-electron chi connectivity index (χ1n) is 12.8. The van der Waals surface area contributed by atoms with Crippen LogP contribution in [0.3, 0.4) is 0 Å². The van der Waals surface area contributed by atoms with Gasteiger partial charge in [-0.25, -0.2) is 19.2 Å². The highest BCUT2D eigenvalue weighted by molar-refractivity contribution is 5.67. The number of carbonyl (C=O) groups is 1. The smallest absolute Gasteiger partial charge is 0.410 e. The summed E-state index contributed by atoms with van der Waals surface area (Å²) in [5, 5.41) is 4.10. The number of nitrogens with two attached hydrogens (primary N) is 1. The highest BCUT2D eigenvalue weighted by Crippen LogP contribution is 2.30. The number of nitrogens with zero attached hydrogens (tertiary/aromatic N) is 6. The fraction of sp³-hybridized carbons (Fsp3) is 0.500. The Morgan fingerprint density at radius 2 is 1.92 bits per heavy atom. The average molecular weight is 526 g/mol. The molecule has 0 spiro atoms. The summed E-state index contributed by atoms with van der Waals surface area (Å²) >= 11 is 0. The second kappa shape index (κ2) is 11.3. The largest absolute Gasteiger partial charge is 0.481 e. The van der Waals surface area contributed by atoms with Gasteiger partial charge in [-0.2, -0.15) is 4.98 Å². The van der Waals surface area contributed by atoms with E-state index in [-0.39, 0.29) is 42.5 Å². The van der Waals surface area contributed by atoms with Gasteiger partial charge in [-0.05, 0) is 38.3 Å². The minimum Gasteiger partial charge on any atom is -0.481 e. The highest BCUT2D eigenvalue weighted by Gasteiger charge is 2.34. The first-order valence-corrected chi connectivity index (χ1v) is 12.8. The molecule has 4 heterocycles. The van der Waals surface area contributed by atoms with Crippen molar-refractivity contribution in [3.8, 4) is 5.75 Å². The number of amides is 1. The van der Waals surface area contributed by atoms with Crippen molar-refractivity contribution < 1.29 is 23.2 Å². The normalized spacial score (nSPS) is 20.2. The Kier molecular flexibility index (Phi) is 7.68. The van der Waals surface area contributed by atoms with Crippen molar-refractivity contribution in [2.45, 2.75) is 57.3 Å². The maximum atomic E-state index is 14.3. The van der Waals surface area contributed by atoms with Gasteiger partial charge in [0.05, 0.1) is 18.5 Å². The fourth-order valence-electron chi connectivity index (χ4n) is 4.88. The molecule has 11 nitrogen and oxygen atoms in total. The predicted molar refractivity (Wildman–Crippen MR) is 135 cm³/mol. The number of rotatable bonds is 7. The van der Waals surface area contributed by atoms with Crippen molar-refractivity contribution in [2.75, 3.05) is 31.1 Å².